The molecule has 0 spiro atoms. The lowest BCUT2D eigenvalue weighted by atomic mass is 9.82. The van der Waals surface area contributed by atoms with Gasteiger partial charge in [-0.15, -0.1) is 0 Å². The lowest BCUT2D eigenvalue weighted by molar-refractivity contribution is -0.129. The Bertz CT molecular complexity index is 1750. The average Bonchev–Trinajstić information content (AvgIpc) is 3.46. The maximum absolute atomic E-state index is 14.6. The van der Waals surface area contributed by atoms with E-state index in [2.05, 4.69) is 39.4 Å². The summed E-state index contributed by atoms with van der Waals surface area (Å²) in [7, 11) is 0. The molecule has 0 bridgehead atoms. The molecule has 6 nitrogen and oxygen atoms in total. The number of benzene rings is 5. The Morgan fingerprint density at radius 3 is 2.39 bits per heavy atom. The van der Waals surface area contributed by atoms with Gasteiger partial charge in [0, 0.05) is 36.0 Å². The zero-order chi connectivity index (χ0) is 30.4. The van der Waals surface area contributed by atoms with Crippen LogP contribution in [0.25, 0.3) is 10.8 Å². The van der Waals surface area contributed by atoms with E-state index >= 15 is 0 Å². The third-order valence-electron chi connectivity index (χ3n) is 7.84. The van der Waals surface area contributed by atoms with Gasteiger partial charge in [0.1, 0.15) is 5.75 Å². The Labute approximate surface area is 265 Å². The third kappa shape index (κ3) is 6.39. The molecule has 1 aliphatic heterocycles. The number of carbonyl (C=O) groups excluding carboxylic acids is 1. The first-order valence-corrected chi connectivity index (χ1v) is 15.5. The van der Waals surface area contributed by atoms with Gasteiger partial charge in [-0.1, -0.05) is 101 Å². The fourth-order valence-corrected chi connectivity index (χ4v) is 5.86. The highest BCUT2D eigenvalue weighted by atomic mass is 79.9. The Balaban J connectivity index is 1.39. The normalized spacial score (nSPS) is 17.6. The highest BCUT2D eigenvalue weighted by Gasteiger charge is 2.53. The minimum atomic E-state index is -1.27. The number of aliphatic imine (C=N–C) groups is 1. The molecule has 2 N–H and O–H groups in total. The van der Waals surface area contributed by atoms with Gasteiger partial charge in [-0.3, -0.25) is 4.79 Å². The van der Waals surface area contributed by atoms with Crippen LogP contribution in [0.2, 0.25) is 0 Å². The van der Waals surface area contributed by atoms with Crippen LogP contribution < -0.4 is 10.1 Å². The van der Waals surface area contributed by atoms with E-state index in [1.165, 1.54) is 0 Å². The van der Waals surface area contributed by atoms with Crippen LogP contribution in [0.3, 0.4) is 0 Å². The molecule has 6 rings (SSSR count). The minimum absolute atomic E-state index is 0.0760. The number of ether oxygens (including phenoxy) is 2. The van der Waals surface area contributed by atoms with E-state index in [1.54, 1.807) is 0 Å². The van der Waals surface area contributed by atoms with Crippen LogP contribution in [-0.4, -0.2) is 35.7 Å². The summed E-state index contributed by atoms with van der Waals surface area (Å²) >= 11 is 3.53. The quantitative estimate of drug-likeness (QED) is 0.149. The first kappa shape index (κ1) is 29.6. The van der Waals surface area contributed by atoms with Gasteiger partial charge >= 0.3 is 0 Å². The second kappa shape index (κ2) is 13.5. The zero-order valence-corrected chi connectivity index (χ0v) is 25.7. The van der Waals surface area contributed by atoms with Gasteiger partial charge in [0.05, 0.1) is 6.61 Å². The van der Waals surface area contributed by atoms with Crippen molar-refractivity contribution in [3.05, 3.63) is 148 Å². The lowest BCUT2D eigenvalue weighted by Crippen LogP contribution is -2.49. The molecule has 0 aromatic heterocycles. The summed E-state index contributed by atoms with van der Waals surface area (Å²) in [4.78, 5) is 19.7. The lowest BCUT2D eigenvalue weighted by Gasteiger charge is -2.31. The van der Waals surface area contributed by atoms with Crippen molar-refractivity contribution in [3.63, 3.8) is 0 Å². The molecule has 5 aromatic rings. The van der Waals surface area contributed by atoms with E-state index in [1.807, 2.05) is 103 Å². The number of halogens is 1. The number of nitrogens with zero attached hydrogens (tertiary/aromatic N) is 1. The predicted molar refractivity (Wildman–Crippen MR) is 177 cm³/mol. The van der Waals surface area contributed by atoms with Crippen molar-refractivity contribution in [3.8, 4) is 5.75 Å². The molecule has 44 heavy (non-hydrogen) atoms. The first-order chi connectivity index (χ1) is 21.6. The zero-order valence-electron chi connectivity index (χ0n) is 24.2. The number of carbonyl (C=O) groups is 1. The number of fused-ring (bicyclic) bond motifs is 1. The van der Waals surface area contributed by atoms with Gasteiger partial charge in [-0.2, -0.15) is 0 Å². The smallest absolute Gasteiger partial charge is 0.252 e. The SMILES string of the molecule is O=C(NCc1cccc2ccccc12)[C@]1(Cc2ccc(Br)cc2)N=C(c2ccc(OCCCO)cc2)O[C@@H]1c1ccccc1. The molecule has 0 fully saturated rings. The molecule has 2 atom stereocenters. The fraction of sp³-hybridized carbons (Fsp3) is 0.189. The molecule has 0 saturated carbocycles. The van der Waals surface area contributed by atoms with Crippen LogP contribution in [-0.2, 0) is 22.5 Å². The number of aliphatic hydroxyl groups excluding tert-OH is 1. The summed E-state index contributed by atoms with van der Waals surface area (Å²) < 4.78 is 13.3. The standard InChI is InChI=1S/C37H33BrN2O4/c38-31-18-14-26(15-19-31)24-37(36(42)39-25-30-12-6-11-27-8-4-5-13-33(27)30)34(28-9-2-1-3-10-28)44-35(40-37)29-16-20-32(21-17-29)43-23-7-22-41/h1-6,8-21,34,41H,7,22-25H2,(H,39,42)/t34-,37-/m1/s1. The summed E-state index contributed by atoms with van der Waals surface area (Å²) in [5.74, 6) is 0.883. The van der Waals surface area contributed by atoms with Crippen molar-refractivity contribution in [1.29, 1.82) is 0 Å². The molecule has 0 unspecified atom stereocenters. The van der Waals surface area contributed by atoms with E-state index in [4.69, 9.17) is 19.6 Å². The van der Waals surface area contributed by atoms with Gasteiger partial charge in [0.2, 0.25) is 5.90 Å². The van der Waals surface area contributed by atoms with E-state index in [0.29, 0.717) is 37.6 Å². The number of aliphatic hydroxyl groups is 1. The van der Waals surface area contributed by atoms with E-state index in [9.17, 15) is 4.79 Å². The Hall–Kier alpha value is -4.46. The molecular formula is C37H33BrN2O4. The highest BCUT2D eigenvalue weighted by Crippen LogP contribution is 2.42. The van der Waals surface area contributed by atoms with Gasteiger partial charge in [0.15, 0.2) is 11.6 Å². The van der Waals surface area contributed by atoms with Gasteiger partial charge in [0.25, 0.3) is 5.91 Å². The molecule has 0 aliphatic carbocycles. The molecule has 0 radical (unpaired) electrons. The molecule has 1 heterocycles. The van der Waals surface area contributed by atoms with Crippen LogP contribution in [0, 0.1) is 0 Å². The minimum Gasteiger partial charge on any atom is -0.494 e. The van der Waals surface area contributed by atoms with Crippen LogP contribution in [0.5, 0.6) is 5.75 Å². The second-order valence-corrected chi connectivity index (χ2v) is 11.7. The highest BCUT2D eigenvalue weighted by molar-refractivity contribution is 9.10. The van der Waals surface area contributed by atoms with Gasteiger partial charge in [-0.25, -0.2) is 4.99 Å². The van der Waals surface area contributed by atoms with Gasteiger partial charge in [-0.05, 0) is 63.9 Å². The largest absolute Gasteiger partial charge is 0.494 e. The summed E-state index contributed by atoms with van der Waals surface area (Å²) in [6, 6.07) is 39.6. The topological polar surface area (TPSA) is 80.2 Å². The average molecular weight is 650 g/mol. The van der Waals surface area contributed by atoms with Crippen molar-refractivity contribution in [2.45, 2.75) is 31.0 Å². The number of amides is 1. The van der Waals surface area contributed by atoms with Crippen LogP contribution in [0.4, 0.5) is 0 Å². The van der Waals surface area contributed by atoms with Crippen LogP contribution in [0.1, 0.15) is 34.8 Å². The summed E-state index contributed by atoms with van der Waals surface area (Å²) in [6.45, 7) is 0.859. The van der Waals surface area contributed by atoms with Crippen molar-refractivity contribution < 1.29 is 19.4 Å². The Morgan fingerprint density at radius 1 is 0.886 bits per heavy atom. The van der Waals surface area contributed by atoms with E-state index in [-0.39, 0.29) is 12.5 Å². The van der Waals surface area contributed by atoms with Crippen molar-refractivity contribution in [2.24, 2.45) is 4.99 Å². The van der Waals surface area contributed by atoms with Crippen molar-refractivity contribution >= 4 is 38.5 Å². The van der Waals surface area contributed by atoms with Gasteiger partial charge < -0.3 is 19.9 Å². The van der Waals surface area contributed by atoms with E-state index < -0.39 is 11.6 Å². The van der Waals surface area contributed by atoms with Crippen LogP contribution >= 0.6 is 15.9 Å². The second-order valence-electron chi connectivity index (χ2n) is 10.8. The maximum atomic E-state index is 14.6. The predicted octanol–water partition coefficient (Wildman–Crippen LogP) is 7.18. The van der Waals surface area contributed by atoms with Crippen molar-refractivity contribution in [2.75, 3.05) is 13.2 Å². The summed E-state index contributed by atoms with van der Waals surface area (Å²) in [6.07, 6.45) is 0.242. The maximum Gasteiger partial charge on any atom is 0.252 e. The molecule has 7 heteroatoms. The first-order valence-electron chi connectivity index (χ1n) is 14.7. The Morgan fingerprint density at radius 2 is 1.61 bits per heavy atom. The monoisotopic (exact) mass is 648 g/mol. The number of nitrogens with one attached hydrogen (secondary N) is 1. The fourth-order valence-electron chi connectivity index (χ4n) is 5.60. The molecule has 1 amide bonds. The Kier molecular flexibility index (Phi) is 9.05. The molecular weight excluding hydrogens is 616 g/mol. The summed E-state index contributed by atoms with van der Waals surface area (Å²) in [5.41, 5.74) is 2.35. The number of rotatable bonds is 11. The van der Waals surface area contributed by atoms with E-state index in [0.717, 1.165) is 37.5 Å². The number of hydrogen-bond donors (Lipinski definition) is 2. The molecule has 5 aromatic carbocycles. The molecule has 222 valence electrons. The van der Waals surface area contributed by atoms with Crippen LogP contribution in [0.15, 0.2) is 131 Å². The molecule has 1 aliphatic rings. The third-order valence-corrected chi connectivity index (χ3v) is 8.37. The summed E-state index contributed by atoms with van der Waals surface area (Å²) in [5, 5.41) is 14.5. The molecule has 0 saturated heterocycles. The number of hydrogen-bond acceptors (Lipinski definition) is 5. The van der Waals surface area contributed by atoms with Crippen molar-refractivity contribution in [1.82, 2.24) is 5.32 Å².